The second-order valence-corrected chi connectivity index (χ2v) is 7.05. The maximum absolute atomic E-state index is 12.4. The number of amides is 1. The van der Waals surface area contributed by atoms with E-state index in [9.17, 15) is 4.79 Å². The van der Waals surface area contributed by atoms with Crippen LogP contribution in [0.2, 0.25) is 5.02 Å². The topological polar surface area (TPSA) is 51.2 Å². The van der Waals surface area contributed by atoms with Crippen molar-refractivity contribution in [3.63, 3.8) is 0 Å². The number of aromatic nitrogens is 1. The van der Waals surface area contributed by atoms with Crippen LogP contribution in [-0.4, -0.2) is 17.5 Å². The van der Waals surface area contributed by atoms with Gasteiger partial charge in [0.1, 0.15) is 5.75 Å². The summed E-state index contributed by atoms with van der Waals surface area (Å²) in [5.41, 5.74) is 4.10. The van der Waals surface area contributed by atoms with Gasteiger partial charge >= 0.3 is 0 Å². The molecule has 4 rings (SSSR count). The van der Waals surface area contributed by atoms with E-state index >= 15 is 0 Å². The van der Waals surface area contributed by atoms with Crippen LogP contribution in [0.5, 0.6) is 5.75 Å². The number of nitrogens with zero attached hydrogens (tertiary/aromatic N) is 1. The monoisotopic (exact) mass is 402 g/mol. The molecule has 0 spiro atoms. The van der Waals surface area contributed by atoms with Gasteiger partial charge in [-0.3, -0.25) is 4.79 Å². The van der Waals surface area contributed by atoms with E-state index in [0.29, 0.717) is 16.5 Å². The number of hydrogen-bond acceptors (Lipinski definition) is 3. The molecule has 0 bridgehead atoms. The number of halogens is 1. The highest BCUT2D eigenvalue weighted by molar-refractivity contribution is 6.31. The number of benzene rings is 3. The molecule has 0 saturated heterocycles. The van der Waals surface area contributed by atoms with Gasteiger partial charge in [-0.05, 0) is 36.8 Å². The first-order valence-electron chi connectivity index (χ1n) is 9.25. The fourth-order valence-corrected chi connectivity index (χ4v) is 3.27. The summed E-state index contributed by atoms with van der Waals surface area (Å²) < 4.78 is 5.90. The van der Waals surface area contributed by atoms with E-state index in [-0.39, 0.29) is 12.5 Å². The summed E-state index contributed by atoms with van der Waals surface area (Å²) in [4.78, 5) is 17.2. The molecule has 0 saturated carbocycles. The molecule has 0 unspecified atom stereocenters. The quantitative estimate of drug-likeness (QED) is 0.453. The van der Waals surface area contributed by atoms with Gasteiger partial charge in [-0.1, -0.05) is 60.1 Å². The lowest BCUT2D eigenvalue weighted by Gasteiger charge is -2.13. The molecule has 144 valence electrons. The van der Waals surface area contributed by atoms with E-state index in [0.717, 1.165) is 27.7 Å². The highest BCUT2D eigenvalue weighted by Gasteiger charge is 2.12. The number of pyridine rings is 1. The Morgan fingerprint density at radius 3 is 2.59 bits per heavy atom. The molecular weight excluding hydrogens is 384 g/mol. The van der Waals surface area contributed by atoms with E-state index in [1.54, 1.807) is 12.1 Å². The zero-order valence-electron chi connectivity index (χ0n) is 15.9. The smallest absolute Gasteiger partial charge is 0.262 e. The van der Waals surface area contributed by atoms with E-state index in [1.165, 1.54) is 0 Å². The van der Waals surface area contributed by atoms with Crippen LogP contribution < -0.4 is 10.1 Å². The van der Waals surface area contributed by atoms with Crippen molar-refractivity contribution in [1.29, 1.82) is 0 Å². The predicted octanol–water partition coefficient (Wildman–Crippen LogP) is 5.88. The molecule has 4 nitrogen and oxygen atoms in total. The minimum absolute atomic E-state index is 0.117. The van der Waals surface area contributed by atoms with Crippen molar-refractivity contribution in [3.8, 4) is 17.0 Å². The lowest BCUT2D eigenvalue weighted by Crippen LogP contribution is -2.20. The van der Waals surface area contributed by atoms with E-state index in [4.69, 9.17) is 21.3 Å². The third-order valence-electron chi connectivity index (χ3n) is 4.65. The van der Waals surface area contributed by atoms with Gasteiger partial charge in [0, 0.05) is 27.7 Å². The Kier molecular flexibility index (Phi) is 5.45. The van der Waals surface area contributed by atoms with Gasteiger partial charge < -0.3 is 10.1 Å². The van der Waals surface area contributed by atoms with Crippen LogP contribution in [0.4, 0.5) is 5.69 Å². The van der Waals surface area contributed by atoms with Gasteiger partial charge in [-0.25, -0.2) is 4.98 Å². The lowest BCUT2D eigenvalue weighted by molar-refractivity contribution is -0.118. The Morgan fingerprint density at radius 2 is 1.76 bits per heavy atom. The summed E-state index contributed by atoms with van der Waals surface area (Å²) in [6.45, 7) is 1.75. The van der Waals surface area contributed by atoms with Crippen molar-refractivity contribution >= 4 is 34.1 Å². The number of hydrogen-bond donors (Lipinski definition) is 1. The van der Waals surface area contributed by atoms with E-state index < -0.39 is 0 Å². The molecule has 0 aliphatic carbocycles. The highest BCUT2D eigenvalue weighted by Crippen LogP contribution is 2.30. The molecule has 0 fully saturated rings. The number of carbonyl (C=O) groups is 1. The summed E-state index contributed by atoms with van der Waals surface area (Å²) in [6, 6.07) is 24.9. The van der Waals surface area contributed by atoms with Crippen LogP contribution in [0, 0.1) is 6.92 Å². The summed E-state index contributed by atoms with van der Waals surface area (Å²) in [7, 11) is 0. The number of ether oxygens (including phenoxy) is 1. The summed E-state index contributed by atoms with van der Waals surface area (Å²) in [6.07, 6.45) is 0. The van der Waals surface area contributed by atoms with Crippen LogP contribution in [-0.2, 0) is 4.79 Å². The number of anilines is 1. The maximum Gasteiger partial charge on any atom is 0.262 e. The highest BCUT2D eigenvalue weighted by atomic mass is 35.5. The molecule has 3 aromatic carbocycles. The molecule has 0 radical (unpaired) electrons. The molecular formula is C24H19ClN2O2. The zero-order chi connectivity index (χ0) is 20.2. The number of nitrogens with one attached hydrogen (secondary N) is 1. The Labute approximate surface area is 174 Å². The lowest BCUT2D eigenvalue weighted by atomic mass is 10.1. The van der Waals surface area contributed by atoms with Crippen LogP contribution >= 0.6 is 11.6 Å². The number of rotatable bonds is 5. The fraction of sp³-hybridized carbons (Fsp3) is 0.0833. The molecule has 1 heterocycles. The number of carbonyl (C=O) groups excluding carboxylic acids is 1. The Hall–Kier alpha value is -3.37. The molecule has 4 aromatic rings. The Bertz CT molecular complexity index is 1180. The second-order valence-electron chi connectivity index (χ2n) is 6.64. The predicted molar refractivity (Wildman–Crippen MR) is 117 cm³/mol. The molecule has 1 amide bonds. The molecule has 0 aliphatic heterocycles. The number of para-hydroxylation sites is 1. The van der Waals surface area contributed by atoms with Gasteiger partial charge in [-0.2, -0.15) is 0 Å². The average Bonchev–Trinajstić information content (AvgIpc) is 2.75. The average molecular weight is 403 g/mol. The molecule has 0 atom stereocenters. The largest absolute Gasteiger partial charge is 0.483 e. The van der Waals surface area contributed by atoms with Crippen molar-refractivity contribution in [2.75, 3.05) is 11.9 Å². The first-order chi connectivity index (χ1) is 14.1. The van der Waals surface area contributed by atoms with Gasteiger partial charge in [0.05, 0.1) is 11.2 Å². The summed E-state index contributed by atoms with van der Waals surface area (Å²) in [5.74, 6) is 0.366. The van der Waals surface area contributed by atoms with Crippen molar-refractivity contribution in [3.05, 3.63) is 89.4 Å². The van der Waals surface area contributed by atoms with Crippen LogP contribution in [0.25, 0.3) is 22.2 Å². The van der Waals surface area contributed by atoms with E-state index in [1.807, 2.05) is 73.7 Å². The van der Waals surface area contributed by atoms with Crippen molar-refractivity contribution in [2.24, 2.45) is 0 Å². The van der Waals surface area contributed by atoms with Crippen LogP contribution in [0.1, 0.15) is 5.56 Å². The van der Waals surface area contributed by atoms with Crippen molar-refractivity contribution in [2.45, 2.75) is 6.92 Å². The third kappa shape index (κ3) is 4.23. The van der Waals surface area contributed by atoms with Crippen LogP contribution in [0.3, 0.4) is 0 Å². The second kappa shape index (κ2) is 8.33. The van der Waals surface area contributed by atoms with Gasteiger partial charge in [-0.15, -0.1) is 0 Å². The molecule has 1 N–H and O–H groups in total. The first-order valence-corrected chi connectivity index (χ1v) is 9.62. The van der Waals surface area contributed by atoms with Gasteiger partial charge in [0.15, 0.2) is 6.61 Å². The molecule has 5 heteroatoms. The van der Waals surface area contributed by atoms with Crippen LogP contribution in [0.15, 0.2) is 78.9 Å². The number of fused-ring (bicyclic) bond motifs is 1. The maximum atomic E-state index is 12.4. The fourth-order valence-electron chi connectivity index (χ4n) is 3.09. The minimum atomic E-state index is -0.252. The first kappa shape index (κ1) is 19.0. The summed E-state index contributed by atoms with van der Waals surface area (Å²) in [5, 5.41) is 4.32. The molecule has 0 aliphatic rings. The minimum Gasteiger partial charge on any atom is -0.483 e. The molecule has 29 heavy (non-hydrogen) atoms. The van der Waals surface area contributed by atoms with Crippen molar-refractivity contribution < 1.29 is 9.53 Å². The van der Waals surface area contributed by atoms with Gasteiger partial charge in [0.2, 0.25) is 0 Å². The summed E-state index contributed by atoms with van der Waals surface area (Å²) >= 11 is 6.12. The van der Waals surface area contributed by atoms with Gasteiger partial charge in [0.25, 0.3) is 5.91 Å². The Balaban J connectivity index is 1.58. The standard InChI is InChI=1S/C24H19ClN2O2/c1-16-19(25)11-7-13-20(16)27-24(28)15-29-23-14-22(17-8-3-2-4-9-17)26-21-12-6-5-10-18(21)23/h2-14H,15H2,1H3,(H,27,28). The van der Waals surface area contributed by atoms with E-state index in [2.05, 4.69) is 5.32 Å². The molecule has 1 aromatic heterocycles. The Morgan fingerprint density at radius 1 is 1.00 bits per heavy atom. The SMILES string of the molecule is Cc1c(Cl)cccc1NC(=O)COc1cc(-c2ccccc2)nc2ccccc12. The van der Waals surface area contributed by atoms with Crippen molar-refractivity contribution in [1.82, 2.24) is 4.98 Å². The third-order valence-corrected chi connectivity index (χ3v) is 5.06. The zero-order valence-corrected chi connectivity index (χ0v) is 16.6. The normalized spacial score (nSPS) is 10.7.